The topological polar surface area (TPSA) is 109 Å². The molecular formula is C8H7ClO6S. The minimum atomic E-state index is -4.47. The summed E-state index contributed by atoms with van der Waals surface area (Å²) in [5, 5.41) is 17.6. The summed E-state index contributed by atoms with van der Waals surface area (Å²) in [7, 11) is 0.582. The van der Waals surface area contributed by atoms with Crippen LogP contribution in [0.3, 0.4) is 0 Å². The van der Waals surface area contributed by atoms with Crippen LogP contribution in [0, 0.1) is 0 Å². The van der Waals surface area contributed by atoms with E-state index in [1.54, 1.807) is 0 Å². The first kappa shape index (κ1) is 12.7. The van der Waals surface area contributed by atoms with Crippen LogP contribution < -0.4 is 0 Å². The predicted octanol–water partition coefficient (Wildman–Crippen LogP) is 0.349. The normalized spacial score (nSPS) is 24.9. The third-order valence-corrected chi connectivity index (χ3v) is 4.34. The highest BCUT2D eigenvalue weighted by molar-refractivity contribution is 8.15. The molecule has 0 aromatic rings. The van der Waals surface area contributed by atoms with Crippen molar-refractivity contribution >= 4 is 31.7 Å². The molecule has 8 heteroatoms. The molecule has 0 heterocycles. The predicted molar refractivity (Wildman–Crippen MR) is 54.6 cm³/mol. The van der Waals surface area contributed by atoms with E-state index < -0.39 is 32.2 Å². The Kier molecular flexibility index (Phi) is 3.11. The molecule has 2 N–H and O–H groups in total. The molecule has 1 aliphatic carbocycles. The van der Waals surface area contributed by atoms with Gasteiger partial charge in [-0.05, 0) is 0 Å². The molecule has 1 rings (SSSR count). The van der Waals surface area contributed by atoms with Crippen molar-refractivity contribution in [3.05, 3.63) is 23.8 Å². The Morgan fingerprint density at radius 3 is 2.31 bits per heavy atom. The van der Waals surface area contributed by atoms with E-state index in [-0.39, 0.29) is 5.57 Å². The van der Waals surface area contributed by atoms with Crippen LogP contribution in [0.2, 0.25) is 0 Å². The highest BCUT2D eigenvalue weighted by atomic mass is 35.7. The fourth-order valence-electron chi connectivity index (χ4n) is 1.29. The summed E-state index contributed by atoms with van der Waals surface area (Å²) < 4.78 is 20.1. The summed E-state index contributed by atoms with van der Waals surface area (Å²) in [5.74, 6) is -3.08. The zero-order valence-electron chi connectivity index (χ0n) is 7.75. The van der Waals surface area contributed by atoms with Gasteiger partial charge in [0, 0.05) is 22.7 Å². The van der Waals surface area contributed by atoms with Gasteiger partial charge in [0.1, 0.15) is 0 Å². The van der Waals surface area contributed by atoms with Crippen molar-refractivity contribution < 1.29 is 28.2 Å². The van der Waals surface area contributed by atoms with Gasteiger partial charge in [0.25, 0.3) is 9.05 Å². The molecule has 16 heavy (non-hydrogen) atoms. The van der Waals surface area contributed by atoms with Gasteiger partial charge in [0.05, 0.1) is 0 Å². The summed E-state index contributed by atoms with van der Waals surface area (Å²) >= 11 is 0. The Balaban J connectivity index is 3.32. The molecule has 1 aliphatic rings. The van der Waals surface area contributed by atoms with E-state index in [2.05, 4.69) is 0 Å². The lowest BCUT2D eigenvalue weighted by Crippen LogP contribution is -2.44. The molecule has 0 radical (unpaired) electrons. The van der Waals surface area contributed by atoms with E-state index in [0.717, 1.165) is 18.2 Å². The van der Waals surface area contributed by atoms with Crippen LogP contribution in [-0.2, 0) is 18.6 Å². The molecule has 1 unspecified atom stereocenters. The first-order valence-electron chi connectivity index (χ1n) is 4.00. The van der Waals surface area contributed by atoms with Gasteiger partial charge in [0.2, 0.25) is 4.75 Å². The highest BCUT2D eigenvalue weighted by Gasteiger charge is 2.50. The van der Waals surface area contributed by atoms with Gasteiger partial charge >= 0.3 is 11.9 Å². The number of carboxylic acids is 2. The van der Waals surface area contributed by atoms with Crippen molar-refractivity contribution in [3.63, 3.8) is 0 Å². The van der Waals surface area contributed by atoms with Crippen LogP contribution in [0.15, 0.2) is 23.8 Å². The molecule has 6 nitrogen and oxygen atoms in total. The summed E-state index contributed by atoms with van der Waals surface area (Å²) in [6, 6.07) is 0. The minimum absolute atomic E-state index is 0.325. The molecule has 0 bridgehead atoms. The van der Waals surface area contributed by atoms with Crippen molar-refractivity contribution in [2.45, 2.75) is 11.2 Å². The van der Waals surface area contributed by atoms with E-state index in [0.29, 0.717) is 0 Å². The van der Waals surface area contributed by atoms with Crippen LogP contribution in [0.25, 0.3) is 0 Å². The van der Waals surface area contributed by atoms with Crippen LogP contribution >= 0.6 is 10.7 Å². The number of aliphatic carboxylic acids is 2. The maximum Gasteiger partial charge on any atom is 0.331 e. The van der Waals surface area contributed by atoms with Gasteiger partial charge in [-0.3, -0.25) is 4.79 Å². The maximum atomic E-state index is 11.2. The first-order valence-corrected chi connectivity index (χ1v) is 6.31. The van der Waals surface area contributed by atoms with Crippen molar-refractivity contribution in [1.29, 1.82) is 0 Å². The Hall–Kier alpha value is -1.34. The van der Waals surface area contributed by atoms with E-state index >= 15 is 0 Å². The van der Waals surface area contributed by atoms with Gasteiger partial charge in [-0.1, -0.05) is 18.2 Å². The van der Waals surface area contributed by atoms with Gasteiger partial charge in [-0.25, -0.2) is 13.2 Å². The van der Waals surface area contributed by atoms with Crippen LogP contribution in [0.1, 0.15) is 6.42 Å². The lowest BCUT2D eigenvalue weighted by Gasteiger charge is -2.24. The monoisotopic (exact) mass is 266 g/mol. The Labute approximate surface area is 95.3 Å². The molecule has 0 aromatic carbocycles. The summed E-state index contributed by atoms with van der Waals surface area (Å²) in [6.45, 7) is 0. The molecule has 0 saturated heterocycles. The number of allylic oxidation sites excluding steroid dienone is 2. The lowest BCUT2D eigenvalue weighted by molar-refractivity contribution is -0.138. The quantitative estimate of drug-likeness (QED) is 0.714. The second kappa shape index (κ2) is 3.91. The molecule has 0 spiro atoms. The molecule has 0 saturated carbocycles. The van der Waals surface area contributed by atoms with Crippen molar-refractivity contribution in [2.24, 2.45) is 0 Å². The fraction of sp³-hybridized carbons (Fsp3) is 0.250. The molecule has 0 fully saturated rings. The average Bonchev–Trinajstić information content (AvgIpc) is 2.15. The van der Waals surface area contributed by atoms with Crippen LogP contribution in [0.5, 0.6) is 0 Å². The van der Waals surface area contributed by atoms with Gasteiger partial charge in [-0.15, -0.1) is 0 Å². The Morgan fingerprint density at radius 2 is 1.94 bits per heavy atom. The molecular weight excluding hydrogens is 260 g/mol. The number of rotatable bonds is 3. The molecule has 0 amide bonds. The van der Waals surface area contributed by atoms with Gasteiger partial charge in [0.15, 0.2) is 0 Å². The fourth-order valence-corrected chi connectivity index (χ4v) is 2.58. The minimum Gasteiger partial charge on any atom is -0.480 e. The number of hydrogen-bond donors (Lipinski definition) is 2. The molecule has 88 valence electrons. The SMILES string of the molecule is O=C(O)C1=CC=CC(C(=O)O)(S(=O)(=O)Cl)C1. The van der Waals surface area contributed by atoms with Crippen LogP contribution in [-0.4, -0.2) is 35.3 Å². The van der Waals surface area contributed by atoms with E-state index in [1.165, 1.54) is 0 Å². The zero-order valence-corrected chi connectivity index (χ0v) is 9.33. The van der Waals surface area contributed by atoms with Gasteiger partial charge < -0.3 is 10.2 Å². The van der Waals surface area contributed by atoms with Crippen molar-refractivity contribution in [3.8, 4) is 0 Å². The number of carboxylic acid groups (broad SMARTS) is 2. The van der Waals surface area contributed by atoms with E-state index in [4.69, 9.17) is 20.9 Å². The Bertz CT molecular complexity index is 503. The van der Waals surface area contributed by atoms with Crippen LogP contribution in [0.4, 0.5) is 0 Å². The van der Waals surface area contributed by atoms with E-state index in [9.17, 15) is 18.0 Å². The smallest absolute Gasteiger partial charge is 0.331 e. The zero-order chi connectivity index (χ0) is 12.6. The Morgan fingerprint density at radius 1 is 1.38 bits per heavy atom. The van der Waals surface area contributed by atoms with Gasteiger partial charge in [-0.2, -0.15) is 0 Å². The first-order chi connectivity index (χ1) is 7.21. The summed E-state index contributed by atoms with van der Waals surface area (Å²) in [6.07, 6.45) is 2.36. The molecule has 0 aromatic heterocycles. The molecule has 0 aliphatic heterocycles. The number of halogens is 1. The van der Waals surface area contributed by atoms with E-state index in [1.807, 2.05) is 0 Å². The average molecular weight is 267 g/mol. The second-order valence-electron chi connectivity index (χ2n) is 3.17. The lowest BCUT2D eigenvalue weighted by atomic mass is 9.93. The number of carbonyl (C=O) groups is 2. The third kappa shape index (κ3) is 1.96. The summed E-state index contributed by atoms with van der Waals surface area (Å²) in [4.78, 5) is 21.6. The third-order valence-electron chi connectivity index (χ3n) is 2.19. The highest BCUT2D eigenvalue weighted by Crippen LogP contribution is 2.34. The maximum absolute atomic E-state index is 11.2. The van der Waals surface area contributed by atoms with Crippen molar-refractivity contribution in [1.82, 2.24) is 0 Å². The standard InChI is InChI=1S/C8H7ClO6S/c9-16(14,15)8(7(12)13)3-1-2-5(4-8)6(10)11/h1-3H,4H2,(H,10,11)(H,12,13). The molecule has 1 atom stereocenters. The second-order valence-corrected chi connectivity index (χ2v) is 5.99. The largest absolute Gasteiger partial charge is 0.480 e. The van der Waals surface area contributed by atoms with Crippen molar-refractivity contribution in [2.75, 3.05) is 0 Å². The number of hydrogen-bond acceptors (Lipinski definition) is 4. The summed E-state index contributed by atoms with van der Waals surface area (Å²) in [5.41, 5.74) is -0.325.